The summed E-state index contributed by atoms with van der Waals surface area (Å²) in [5, 5.41) is 0. The van der Waals surface area contributed by atoms with Crippen LogP contribution in [0.3, 0.4) is 0 Å². The molecule has 0 saturated carbocycles. The minimum Gasteiger partial charge on any atom is -0.491 e. The average molecular weight is 601 g/mol. The third kappa shape index (κ3) is 7.81. The maximum atomic E-state index is 12.5. The standard InChI is InChI=1S/C29H36N4O10/c1-38-22-12-18-14-32(24(34)6-8-26(36)40-3)16-20(18)30-28(22)42-10-5-11-43-29-23(39-2)13-19-15-33(17-21(19)31-29)25(35)7-9-27(37)41-4/h12-13H,5-11,14-17H2,1-4H3. The number of amides is 2. The van der Waals surface area contributed by atoms with E-state index in [1.807, 2.05) is 12.1 Å². The van der Waals surface area contributed by atoms with E-state index < -0.39 is 11.9 Å². The quantitative estimate of drug-likeness (QED) is 0.230. The first-order valence-electron chi connectivity index (χ1n) is 13.8. The zero-order chi connectivity index (χ0) is 30.9. The highest BCUT2D eigenvalue weighted by atomic mass is 16.5. The topological polar surface area (TPSA) is 156 Å². The summed E-state index contributed by atoms with van der Waals surface area (Å²) in [4.78, 5) is 60.2. The summed E-state index contributed by atoms with van der Waals surface area (Å²) in [6.45, 7) is 1.94. The minimum atomic E-state index is -0.429. The van der Waals surface area contributed by atoms with Gasteiger partial charge in [0.25, 0.3) is 11.8 Å². The van der Waals surface area contributed by atoms with E-state index in [-0.39, 0.29) is 50.7 Å². The Morgan fingerprint density at radius 1 is 0.651 bits per heavy atom. The fourth-order valence-corrected chi connectivity index (χ4v) is 4.72. The largest absolute Gasteiger partial charge is 0.491 e. The number of hydrogen-bond acceptors (Lipinski definition) is 12. The first kappa shape index (κ1) is 31.3. The van der Waals surface area contributed by atoms with Gasteiger partial charge >= 0.3 is 11.9 Å². The van der Waals surface area contributed by atoms with Gasteiger partial charge in [-0.15, -0.1) is 0 Å². The van der Waals surface area contributed by atoms with E-state index in [0.29, 0.717) is 67.2 Å². The number of esters is 2. The van der Waals surface area contributed by atoms with Crippen LogP contribution in [0.15, 0.2) is 12.1 Å². The van der Waals surface area contributed by atoms with Crippen molar-refractivity contribution >= 4 is 23.8 Å². The van der Waals surface area contributed by atoms with Crippen LogP contribution in [-0.4, -0.2) is 85.2 Å². The molecule has 232 valence electrons. The molecule has 2 aromatic rings. The van der Waals surface area contributed by atoms with Gasteiger partial charge in [-0.1, -0.05) is 0 Å². The third-order valence-electron chi connectivity index (χ3n) is 7.10. The number of aromatic nitrogens is 2. The summed E-state index contributed by atoms with van der Waals surface area (Å²) in [7, 11) is 5.63. The molecule has 0 saturated heterocycles. The molecule has 0 aromatic carbocycles. The first-order valence-corrected chi connectivity index (χ1v) is 13.8. The van der Waals surface area contributed by atoms with Gasteiger partial charge in [0.05, 0.1) is 79.0 Å². The molecular formula is C29H36N4O10. The molecule has 0 fully saturated rings. The van der Waals surface area contributed by atoms with E-state index in [9.17, 15) is 19.2 Å². The Hall–Kier alpha value is -4.62. The number of pyridine rings is 2. The van der Waals surface area contributed by atoms with Gasteiger partial charge in [0, 0.05) is 32.4 Å². The van der Waals surface area contributed by atoms with Crippen LogP contribution < -0.4 is 18.9 Å². The lowest BCUT2D eigenvalue weighted by Crippen LogP contribution is -2.25. The van der Waals surface area contributed by atoms with Crippen molar-refractivity contribution in [3.05, 3.63) is 34.6 Å². The van der Waals surface area contributed by atoms with Crippen LogP contribution in [0.4, 0.5) is 0 Å². The van der Waals surface area contributed by atoms with Crippen LogP contribution in [0.25, 0.3) is 0 Å². The summed E-state index contributed by atoms with van der Waals surface area (Å²) < 4.78 is 31.9. The van der Waals surface area contributed by atoms with Crippen molar-refractivity contribution in [2.45, 2.75) is 58.3 Å². The molecule has 4 rings (SSSR count). The zero-order valence-corrected chi connectivity index (χ0v) is 24.8. The normalized spacial score (nSPS) is 13.2. The summed E-state index contributed by atoms with van der Waals surface area (Å²) in [5.74, 6) is 0.369. The lowest BCUT2D eigenvalue weighted by molar-refractivity contribution is -0.144. The second kappa shape index (κ2) is 14.5. The second-order valence-electron chi connectivity index (χ2n) is 9.91. The van der Waals surface area contributed by atoms with Crippen molar-refractivity contribution in [1.82, 2.24) is 19.8 Å². The van der Waals surface area contributed by atoms with E-state index in [0.717, 1.165) is 11.1 Å². The van der Waals surface area contributed by atoms with Gasteiger partial charge in [-0.25, -0.2) is 9.97 Å². The molecule has 0 radical (unpaired) electrons. The average Bonchev–Trinajstić information content (AvgIpc) is 3.64. The third-order valence-corrected chi connectivity index (χ3v) is 7.10. The van der Waals surface area contributed by atoms with Crippen LogP contribution in [0.5, 0.6) is 23.3 Å². The lowest BCUT2D eigenvalue weighted by atomic mass is 10.2. The van der Waals surface area contributed by atoms with Crippen molar-refractivity contribution in [3.63, 3.8) is 0 Å². The van der Waals surface area contributed by atoms with Gasteiger partial charge in [-0.2, -0.15) is 0 Å². The number of carbonyl (C=O) groups excluding carboxylic acids is 4. The highest BCUT2D eigenvalue weighted by Crippen LogP contribution is 2.34. The fraction of sp³-hybridized carbons (Fsp3) is 0.517. The van der Waals surface area contributed by atoms with Crippen molar-refractivity contribution in [3.8, 4) is 23.3 Å². The van der Waals surface area contributed by atoms with Crippen molar-refractivity contribution in [1.29, 1.82) is 0 Å². The summed E-state index contributed by atoms with van der Waals surface area (Å²) in [6.07, 6.45) is 0.689. The molecule has 43 heavy (non-hydrogen) atoms. The van der Waals surface area contributed by atoms with Gasteiger partial charge in [0.2, 0.25) is 11.8 Å². The van der Waals surface area contributed by atoms with Gasteiger partial charge in [0.1, 0.15) is 0 Å². The predicted molar refractivity (Wildman–Crippen MR) is 148 cm³/mol. The Kier molecular flexibility index (Phi) is 10.6. The van der Waals surface area contributed by atoms with E-state index in [4.69, 9.17) is 18.9 Å². The molecule has 14 nitrogen and oxygen atoms in total. The maximum absolute atomic E-state index is 12.5. The molecule has 0 aliphatic carbocycles. The predicted octanol–water partition coefficient (Wildman–Crippen LogP) is 1.93. The molecule has 0 spiro atoms. The fourth-order valence-electron chi connectivity index (χ4n) is 4.72. The molecule has 2 amide bonds. The Morgan fingerprint density at radius 2 is 1.07 bits per heavy atom. The maximum Gasteiger partial charge on any atom is 0.306 e. The second-order valence-corrected chi connectivity index (χ2v) is 9.91. The van der Waals surface area contributed by atoms with E-state index in [2.05, 4.69) is 19.4 Å². The smallest absolute Gasteiger partial charge is 0.306 e. The van der Waals surface area contributed by atoms with Gasteiger partial charge < -0.3 is 38.2 Å². The van der Waals surface area contributed by atoms with E-state index >= 15 is 0 Å². The van der Waals surface area contributed by atoms with Crippen molar-refractivity contribution < 1.29 is 47.6 Å². The van der Waals surface area contributed by atoms with Crippen LogP contribution in [-0.2, 0) is 54.8 Å². The molecule has 2 aliphatic rings. The molecule has 0 bridgehead atoms. The molecule has 14 heteroatoms. The molecule has 0 N–H and O–H groups in total. The van der Waals surface area contributed by atoms with Crippen LogP contribution in [0, 0.1) is 0 Å². The molecule has 0 unspecified atom stereocenters. The Morgan fingerprint density at radius 3 is 1.44 bits per heavy atom. The van der Waals surface area contributed by atoms with Gasteiger partial charge in [-0.3, -0.25) is 19.2 Å². The highest BCUT2D eigenvalue weighted by molar-refractivity contribution is 5.82. The minimum absolute atomic E-state index is 0.0266. The first-order chi connectivity index (χ1) is 20.8. The number of hydrogen-bond donors (Lipinski definition) is 0. The van der Waals surface area contributed by atoms with E-state index in [1.165, 1.54) is 28.4 Å². The molecule has 0 atom stereocenters. The number of fused-ring (bicyclic) bond motifs is 2. The number of rotatable bonds is 14. The SMILES string of the molecule is COC(=O)CCC(=O)N1Cc2cc(OC)c(OCCCOc3nc4c(cc3OC)CN(C(=O)CCC(=O)OC)C4)nc2C1. The van der Waals surface area contributed by atoms with Gasteiger partial charge in [0.15, 0.2) is 11.5 Å². The van der Waals surface area contributed by atoms with Crippen LogP contribution in [0.2, 0.25) is 0 Å². The molecule has 2 aromatic heterocycles. The van der Waals surface area contributed by atoms with Crippen LogP contribution in [0.1, 0.15) is 54.6 Å². The van der Waals surface area contributed by atoms with Crippen LogP contribution >= 0.6 is 0 Å². The zero-order valence-electron chi connectivity index (χ0n) is 24.8. The lowest BCUT2D eigenvalue weighted by Gasteiger charge is -2.14. The number of nitrogens with zero attached hydrogens (tertiary/aromatic N) is 4. The summed E-state index contributed by atoms with van der Waals surface area (Å²) in [6, 6.07) is 3.62. The summed E-state index contributed by atoms with van der Waals surface area (Å²) in [5.41, 5.74) is 3.14. The number of carbonyl (C=O) groups is 4. The monoisotopic (exact) mass is 600 g/mol. The number of ether oxygens (including phenoxy) is 6. The highest BCUT2D eigenvalue weighted by Gasteiger charge is 2.28. The number of methoxy groups -OCH3 is 4. The van der Waals surface area contributed by atoms with E-state index in [1.54, 1.807) is 9.80 Å². The van der Waals surface area contributed by atoms with Crippen molar-refractivity contribution in [2.75, 3.05) is 41.7 Å². The summed E-state index contributed by atoms with van der Waals surface area (Å²) >= 11 is 0. The Bertz CT molecular complexity index is 1260. The molecule has 4 heterocycles. The molecular weight excluding hydrogens is 564 g/mol. The van der Waals surface area contributed by atoms with Gasteiger partial charge in [-0.05, 0) is 23.3 Å². The Balaban J connectivity index is 1.28. The van der Waals surface area contributed by atoms with Crippen molar-refractivity contribution in [2.24, 2.45) is 0 Å². The molecule has 2 aliphatic heterocycles. The Labute approximate surface area is 249 Å².